The first kappa shape index (κ1) is 38.0. The van der Waals surface area contributed by atoms with Gasteiger partial charge in [0.15, 0.2) is 0 Å². The lowest BCUT2D eigenvalue weighted by Gasteiger charge is -2.34. The van der Waals surface area contributed by atoms with E-state index < -0.39 is 5.41 Å². The minimum Gasteiger partial charge on any atom is -0.310 e. The smallest absolute Gasteiger partial charge is 0.0713 e. The molecule has 0 saturated heterocycles. The molecule has 12 aromatic rings. The van der Waals surface area contributed by atoms with Gasteiger partial charge in [0.25, 0.3) is 0 Å². The van der Waals surface area contributed by atoms with Crippen LogP contribution in [-0.2, 0) is 5.41 Å². The molecule has 0 amide bonds. The van der Waals surface area contributed by atoms with E-state index in [0.29, 0.717) is 0 Å². The van der Waals surface area contributed by atoms with E-state index in [1.54, 1.807) is 0 Å². The van der Waals surface area contributed by atoms with Crippen molar-refractivity contribution >= 4 is 60.2 Å². The van der Waals surface area contributed by atoms with Crippen LogP contribution >= 0.6 is 0 Å². The Kier molecular flexibility index (Phi) is 8.82. The molecule has 0 heterocycles. The normalized spacial score (nSPS) is 12.7. The fourth-order valence-electron chi connectivity index (χ4n) is 11.1. The Balaban J connectivity index is 0.996. The molecule has 66 heavy (non-hydrogen) atoms. The maximum atomic E-state index is 2.44. The fourth-order valence-corrected chi connectivity index (χ4v) is 11.1. The molecule has 0 fully saturated rings. The van der Waals surface area contributed by atoms with Crippen molar-refractivity contribution in [2.75, 3.05) is 4.90 Å². The van der Waals surface area contributed by atoms with Gasteiger partial charge in [-0.1, -0.05) is 212 Å². The number of rotatable bonds is 7. The minimum atomic E-state index is -0.470. The number of hydrogen-bond acceptors (Lipinski definition) is 1. The molecule has 1 heteroatoms. The molecule has 13 rings (SSSR count). The first-order chi connectivity index (χ1) is 32.7. The van der Waals surface area contributed by atoms with Gasteiger partial charge in [-0.05, 0) is 147 Å². The highest BCUT2D eigenvalue weighted by atomic mass is 15.1. The third kappa shape index (κ3) is 5.94. The Morgan fingerprint density at radius 1 is 0.242 bits per heavy atom. The lowest BCUT2D eigenvalue weighted by Crippen LogP contribution is -2.28. The number of fused-ring (bicyclic) bond motifs is 9. The van der Waals surface area contributed by atoms with Gasteiger partial charge < -0.3 is 4.90 Å². The second-order valence-electron chi connectivity index (χ2n) is 17.6. The summed E-state index contributed by atoms with van der Waals surface area (Å²) in [5.41, 5.74) is 15.2. The van der Waals surface area contributed by atoms with Crippen LogP contribution in [0.3, 0.4) is 0 Å². The molecule has 0 saturated carbocycles. The largest absolute Gasteiger partial charge is 0.310 e. The highest BCUT2D eigenvalue weighted by molar-refractivity contribution is 6.14. The van der Waals surface area contributed by atoms with Crippen molar-refractivity contribution in [3.63, 3.8) is 0 Å². The molecule has 1 aliphatic carbocycles. The molecule has 1 nitrogen and oxygen atoms in total. The SMILES string of the molecule is c1ccc(C2(c3ccccc3)c3ccccc3-c3cc(N(c4ccc(-c5ccc6c(ccc7ccccc76)c5)cc4)c4cccc(-c5cc6ccccc6c6ccccc56)c4)ccc32)cc1. The summed E-state index contributed by atoms with van der Waals surface area (Å²) in [7, 11) is 0. The van der Waals surface area contributed by atoms with Gasteiger partial charge in [0, 0.05) is 17.1 Å². The van der Waals surface area contributed by atoms with E-state index in [2.05, 4.69) is 266 Å². The predicted octanol–water partition coefficient (Wildman–Crippen LogP) is 17.5. The van der Waals surface area contributed by atoms with Gasteiger partial charge in [-0.3, -0.25) is 0 Å². The van der Waals surface area contributed by atoms with Crippen LogP contribution in [0, 0.1) is 0 Å². The zero-order valence-electron chi connectivity index (χ0n) is 36.3. The number of nitrogens with zero attached hydrogens (tertiary/aromatic N) is 1. The summed E-state index contributed by atoms with van der Waals surface area (Å²) < 4.78 is 0. The van der Waals surface area contributed by atoms with Crippen LogP contribution in [-0.4, -0.2) is 0 Å². The Bertz CT molecular complexity index is 3770. The minimum absolute atomic E-state index is 0.470. The van der Waals surface area contributed by atoms with Gasteiger partial charge in [0.2, 0.25) is 0 Å². The monoisotopic (exact) mass is 837 g/mol. The van der Waals surface area contributed by atoms with Gasteiger partial charge >= 0.3 is 0 Å². The summed E-state index contributed by atoms with van der Waals surface area (Å²) in [6.07, 6.45) is 0. The van der Waals surface area contributed by atoms with Crippen LogP contribution in [0.25, 0.3) is 76.5 Å². The average molecular weight is 838 g/mol. The molecule has 0 radical (unpaired) electrons. The summed E-state index contributed by atoms with van der Waals surface area (Å²) in [5, 5.41) is 10.1. The molecule has 0 aliphatic heterocycles. The van der Waals surface area contributed by atoms with Crippen LogP contribution < -0.4 is 4.90 Å². The number of benzene rings is 12. The van der Waals surface area contributed by atoms with Gasteiger partial charge in [-0.25, -0.2) is 0 Å². The lowest BCUT2D eigenvalue weighted by atomic mass is 9.68. The predicted molar refractivity (Wildman–Crippen MR) is 279 cm³/mol. The average Bonchev–Trinajstić information content (AvgIpc) is 3.69. The molecular formula is C65H43N. The first-order valence-electron chi connectivity index (χ1n) is 22.9. The molecule has 0 N–H and O–H groups in total. The van der Waals surface area contributed by atoms with E-state index in [9.17, 15) is 0 Å². The summed E-state index contributed by atoms with van der Waals surface area (Å²) in [5.74, 6) is 0. The van der Waals surface area contributed by atoms with Crippen molar-refractivity contribution in [1.82, 2.24) is 0 Å². The van der Waals surface area contributed by atoms with E-state index >= 15 is 0 Å². The van der Waals surface area contributed by atoms with Crippen molar-refractivity contribution in [1.29, 1.82) is 0 Å². The fraction of sp³-hybridized carbons (Fsp3) is 0.0154. The Morgan fingerprint density at radius 2 is 0.788 bits per heavy atom. The summed E-state index contributed by atoms with van der Waals surface area (Å²) in [6.45, 7) is 0. The van der Waals surface area contributed by atoms with Gasteiger partial charge in [0.1, 0.15) is 0 Å². The van der Waals surface area contributed by atoms with Crippen LogP contribution in [0.5, 0.6) is 0 Å². The van der Waals surface area contributed by atoms with E-state index in [4.69, 9.17) is 0 Å². The molecule has 0 unspecified atom stereocenters. The molecule has 0 spiro atoms. The van der Waals surface area contributed by atoms with Crippen LogP contribution in [0.4, 0.5) is 17.1 Å². The third-order valence-corrected chi connectivity index (χ3v) is 14.1. The number of anilines is 3. The highest BCUT2D eigenvalue weighted by Crippen LogP contribution is 2.57. The van der Waals surface area contributed by atoms with Gasteiger partial charge in [0.05, 0.1) is 5.41 Å². The Morgan fingerprint density at radius 3 is 1.56 bits per heavy atom. The highest BCUT2D eigenvalue weighted by Gasteiger charge is 2.46. The molecular weight excluding hydrogens is 795 g/mol. The quantitative estimate of drug-likeness (QED) is 0.145. The third-order valence-electron chi connectivity index (χ3n) is 14.1. The van der Waals surface area contributed by atoms with Crippen molar-refractivity contribution in [2.45, 2.75) is 5.41 Å². The maximum absolute atomic E-state index is 2.44. The molecule has 12 aromatic carbocycles. The zero-order valence-corrected chi connectivity index (χ0v) is 36.3. The summed E-state index contributed by atoms with van der Waals surface area (Å²) in [4.78, 5) is 2.44. The topological polar surface area (TPSA) is 3.24 Å². The van der Waals surface area contributed by atoms with E-state index in [0.717, 1.165) is 17.1 Å². The van der Waals surface area contributed by atoms with Crippen molar-refractivity contribution in [2.24, 2.45) is 0 Å². The molecule has 308 valence electrons. The van der Waals surface area contributed by atoms with Crippen LogP contribution in [0.15, 0.2) is 261 Å². The van der Waals surface area contributed by atoms with Crippen molar-refractivity contribution < 1.29 is 0 Å². The Hall–Kier alpha value is -8.52. The van der Waals surface area contributed by atoms with E-state index in [1.807, 2.05) is 0 Å². The molecule has 0 aromatic heterocycles. The van der Waals surface area contributed by atoms with Crippen molar-refractivity contribution in [3.8, 4) is 33.4 Å². The maximum Gasteiger partial charge on any atom is 0.0713 e. The summed E-state index contributed by atoms with van der Waals surface area (Å²) >= 11 is 0. The Labute approximate surface area is 385 Å². The zero-order chi connectivity index (χ0) is 43.6. The second-order valence-corrected chi connectivity index (χ2v) is 17.6. The van der Waals surface area contributed by atoms with Crippen LogP contribution in [0.1, 0.15) is 22.3 Å². The van der Waals surface area contributed by atoms with Gasteiger partial charge in [-0.2, -0.15) is 0 Å². The summed E-state index contributed by atoms with van der Waals surface area (Å²) in [6, 6.07) is 96.5. The van der Waals surface area contributed by atoms with Crippen LogP contribution in [0.2, 0.25) is 0 Å². The van der Waals surface area contributed by atoms with Crippen molar-refractivity contribution in [3.05, 3.63) is 283 Å². The standard InChI is InChI=1S/C65H43N/c1-3-19-50(20-4-1)65(51-21-5-2-6-22-51)63-29-14-13-28-60(63)62-43-54(37-39-64(62)65)66(52-35-32-44(33-36-52)46-34-38-57-49(40-46)31-30-45-16-7-9-24-55(45)57)53-23-15-18-47(41-53)61-42-48-17-8-10-25-56(48)58-26-11-12-27-59(58)61/h1-43H. The van der Waals surface area contributed by atoms with E-state index in [1.165, 1.54) is 98.7 Å². The molecule has 0 bridgehead atoms. The molecule has 0 atom stereocenters. The van der Waals surface area contributed by atoms with Gasteiger partial charge in [-0.15, -0.1) is 0 Å². The van der Waals surface area contributed by atoms with E-state index in [-0.39, 0.29) is 0 Å². The second kappa shape index (κ2) is 15.3. The lowest BCUT2D eigenvalue weighted by molar-refractivity contribution is 0.768. The number of hydrogen-bond donors (Lipinski definition) is 0. The molecule has 1 aliphatic rings. The first-order valence-corrected chi connectivity index (χ1v) is 22.9.